The third-order valence-corrected chi connectivity index (χ3v) is 10.3. The Kier molecular flexibility index (Phi) is 16.8. The molecular formula is C26H34N7O18P3. The average Bonchev–Trinajstić information content (AvgIpc) is 3.56. The number of hydrogen-bond donors (Lipinski definition) is 7. The van der Waals surface area contributed by atoms with Gasteiger partial charge in [-0.2, -0.15) is 8.62 Å². The fourth-order valence-electron chi connectivity index (χ4n) is 4.24. The number of hydrogen-bond acceptors (Lipinski definition) is 15. The Hall–Kier alpha value is -4.20. The van der Waals surface area contributed by atoms with E-state index in [1.807, 2.05) is 0 Å². The number of phosphoric acid groups is 3. The lowest BCUT2D eigenvalue weighted by Crippen LogP contribution is -2.34. The summed E-state index contributed by atoms with van der Waals surface area (Å²) in [7, 11) is -15.2. The summed E-state index contributed by atoms with van der Waals surface area (Å²) in [5.41, 5.74) is 7.25. The van der Waals surface area contributed by atoms with Crippen molar-refractivity contribution in [3.63, 3.8) is 0 Å². The van der Waals surface area contributed by atoms with Crippen molar-refractivity contribution in [1.82, 2.24) is 20.2 Å². The predicted molar refractivity (Wildman–Crippen MR) is 179 cm³/mol. The highest BCUT2D eigenvalue weighted by molar-refractivity contribution is 7.66. The molecule has 2 heterocycles. The molecule has 54 heavy (non-hydrogen) atoms. The van der Waals surface area contributed by atoms with Gasteiger partial charge in [0.15, 0.2) is 6.23 Å². The van der Waals surface area contributed by atoms with Crippen LogP contribution < -0.4 is 26.6 Å². The standard InChI is InChI=1S/C26H34N7O18P3/c1-28-24(35)17-4-2-6-19(12-17)47-16-22(31-32-27)46-11-10-45-15-21(34)29-9-3-5-18-13-33(26(37)30-25(18)36)23-8-7-20(49-23)14-48-53(41,42)51-54(43,44)50-52(38,39)40/h2,4,6,12-13,20,22-23H,7-11,14-16H2,1H3,(H,28,35)(H,29,34)(H,41,42)(H,43,44)(H,30,36,37)(H2,38,39,40)/t20-,22?,23+/m0/s1. The van der Waals surface area contributed by atoms with Crippen LogP contribution in [0.15, 0.2) is 45.2 Å². The lowest BCUT2D eigenvalue weighted by Gasteiger charge is -2.19. The molecule has 2 amide bonds. The van der Waals surface area contributed by atoms with Crippen LogP contribution in [0.3, 0.4) is 0 Å². The molecule has 1 aromatic heterocycles. The molecule has 25 nitrogen and oxygen atoms in total. The van der Waals surface area contributed by atoms with Gasteiger partial charge < -0.3 is 49.2 Å². The molecule has 1 saturated heterocycles. The number of benzene rings is 1. The van der Waals surface area contributed by atoms with Crippen molar-refractivity contribution in [2.45, 2.75) is 31.4 Å². The first kappa shape index (κ1) is 44.2. The quantitative estimate of drug-likeness (QED) is 0.0233. The number of nitrogens with one attached hydrogen (secondary N) is 3. The summed E-state index contributed by atoms with van der Waals surface area (Å²) in [6.45, 7) is -1.66. The van der Waals surface area contributed by atoms with Gasteiger partial charge in [-0.15, -0.1) is 0 Å². The monoisotopic (exact) mass is 825 g/mol. The number of rotatable bonds is 20. The first-order chi connectivity index (χ1) is 25.4. The van der Waals surface area contributed by atoms with Crippen LogP contribution in [0.4, 0.5) is 0 Å². The summed E-state index contributed by atoms with van der Waals surface area (Å²) < 4.78 is 68.7. The van der Waals surface area contributed by atoms with Crippen LogP contribution >= 0.6 is 23.5 Å². The Labute approximate surface area is 303 Å². The van der Waals surface area contributed by atoms with E-state index in [1.165, 1.54) is 13.1 Å². The highest BCUT2D eigenvalue weighted by Crippen LogP contribution is 2.66. The van der Waals surface area contributed by atoms with E-state index < -0.39 is 72.4 Å². The van der Waals surface area contributed by atoms with Gasteiger partial charge in [0.05, 0.1) is 32.5 Å². The number of H-pyrrole nitrogens is 1. The Morgan fingerprint density at radius 1 is 1.15 bits per heavy atom. The van der Waals surface area contributed by atoms with E-state index in [9.17, 15) is 42.7 Å². The smallest absolute Gasteiger partial charge is 0.490 e. The van der Waals surface area contributed by atoms with Gasteiger partial charge in [-0.1, -0.05) is 23.0 Å². The molecule has 296 valence electrons. The highest BCUT2D eigenvalue weighted by Gasteiger charge is 2.41. The SMILES string of the molecule is CNC(=O)c1cccc(OCC(N=[N+]=[N-])OCCOCC(=O)NCC#Cc2cn([C@H]3CC[C@@H](COP(=O)(O)OP(=O)(O)OP(=O)(O)O)O3)c(=O)[nH]c2=O)c1. The first-order valence-corrected chi connectivity index (χ1v) is 19.7. The molecule has 1 aromatic carbocycles. The van der Waals surface area contributed by atoms with E-state index in [0.717, 1.165) is 10.8 Å². The summed E-state index contributed by atoms with van der Waals surface area (Å²) in [6.07, 6.45) is -1.71. The summed E-state index contributed by atoms with van der Waals surface area (Å²) in [6, 6.07) is 6.31. The minimum atomic E-state index is -5.71. The van der Waals surface area contributed by atoms with Crippen LogP contribution in [-0.2, 0) is 45.8 Å². The van der Waals surface area contributed by atoms with Crippen LogP contribution in [-0.4, -0.2) is 99.9 Å². The number of amides is 2. The van der Waals surface area contributed by atoms with Crippen LogP contribution in [0.1, 0.15) is 35.0 Å². The predicted octanol–water partition coefficient (Wildman–Crippen LogP) is 0.133. The van der Waals surface area contributed by atoms with Gasteiger partial charge in [0, 0.05) is 23.7 Å². The Balaban J connectivity index is 1.41. The number of ether oxygens (including phenoxy) is 4. The third-order valence-electron chi connectivity index (χ3n) is 6.47. The fourth-order valence-corrected chi connectivity index (χ4v) is 7.28. The molecule has 7 N–H and O–H groups in total. The Morgan fingerprint density at radius 2 is 1.91 bits per heavy atom. The molecule has 2 aromatic rings. The van der Waals surface area contributed by atoms with E-state index in [4.69, 9.17) is 34.3 Å². The second-order valence-electron chi connectivity index (χ2n) is 10.5. The summed E-state index contributed by atoms with van der Waals surface area (Å²) in [5, 5.41) is 8.41. The molecule has 0 radical (unpaired) electrons. The number of nitrogens with zero attached hydrogens (tertiary/aromatic N) is 4. The molecule has 1 aliphatic rings. The van der Waals surface area contributed by atoms with Gasteiger partial charge in [-0.25, -0.2) is 18.5 Å². The van der Waals surface area contributed by atoms with Crippen molar-refractivity contribution in [2.24, 2.45) is 5.11 Å². The van der Waals surface area contributed by atoms with Crippen LogP contribution in [0.25, 0.3) is 10.4 Å². The number of phosphoric ester groups is 1. The van der Waals surface area contributed by atoms with Gasteiger partial charge in [0.2, 0.25) is 5.91 Å². The minimum Gasteiger partial charge on any atom is -0.491 e. The average molecular weight is 826 g/mol. The highest BCUT2D eigenvalue weighted by atomic mass is 31.3. The largest absolute Gasteiger partial charge is 0.491 e. The maximum Gasteiger partial charge on any atom is 0.490 e. The first-order valence-electron chi connectivity index (χ1n) is 15.1. The lowest BCUT2D eigenvalue weighted by molar-refractivity contribution is -0.126. The molecule has 3 rings (SSSR count). The lowest BCUT2D eigenvalue weighted by atomic mass is 10.2. The Morgan fingerprint density at radius 3 is 2.61 bits per heavy atom. The van der Waals surface area contributed by atoms with Gasteiger partial charge in [-0.05, 0) is 36.6 Å². The van der Waals surface area contributed by atoms with E-state index in [2.05, 4.69) is 50.6 Å². The molecule has 1 fully saturated rings. The Bertz CT molecular complexity index is 2020. The van der Waals surface area contributed by atoms with Crippen molar-refractivity contribution in [3.05, 3.63) is 72.9 Å². The van der Waals surface area contributed by atoms with E-state index >= 15 is 0 Å². The zero-order chi connectivity index (χ0) is 39.9. The third kappa shape index (κ3) is 15.6. The van der Waals surface area contributed by atoms with Crippen LogP contribution in [0.5, 0.6) is 5.75 Å². The molecule has 1 aliphatic heterocycles. The van der Waals surface area contributed by atoms with Crippen molar-refractivity contribution < 1.29 is 75.0 Å². The van der Waals surface area contributed by atoms with Gasteiger partial charge in [0.25, 0.3) is 11.5 Å². The van der Waals surface area contributed by atoms with E-state index in [1.54, 1.807) is 18.2 Å². The van der Waals surface area contributed by atoms with Crippen molar-refractivity contribution >= 4 is 35.3 Å². The fraction of sp³-hybridized carbons (Fsp3) is 0.462. The molecule has 5 atom stereocenters. The van der Waals surface area contributed by atoms with Crippen LogP contribution in [0, 0.1) is 11.8 Å². The topological polar surface area (TPSA) is 359 Å². The molecule has 0 spiro atoms. The molecule has 0 bridgehead atoms. The maximum atomic E-state index is 12.4. The van der Waals surface area contributed by atoms with Crippen molar-refractivity contribution in [2.75, 3.05) is 46.6 Å². The second-order valence-corrected chi connectivity index (χ2v) is 14.9. The zero-order valence-electron chi connectivity index (χ0n) is 27.9. The number of azide groups is 1. The van der Waals surface area contributed by atoms with Crippen molar-refractivity contribution in [3.8, 4) is 17.6 Å². The van der Waals surface area contributed by atoms with Gasteiger partial charge in [-0.3, -0.25) is 28.5 Å². The normalized spacial score (nSPS) is 18.2. The molecule has 28 heteroatoms. The summed E-state index contributed by atoms with van der Waals surface area (Å²) in [5.74, 6) is 4.51. The van der Waals surface area contributed by atoms with Gasteiger partial charge in [0.1, 0.15) is 30.8 Å². The number of carbonyl (C=O) groups is 2. The molecule has 0 aliphatic carbocycles. The number of carbonyl (C=O) groups excluding carboxylic acids is 2. The summed E-state index contributed by atoms with van der Waals surface area (Å²) in [4.78, 5) is 89.4. The van der Waals surface area contributed by atoms with Gasteiger partial charge >= 0.3 is 29.2 Å². The van der Waals surface area contributed by atoms with Crippen molar-refractivity contribution in [1.29, 1.82) is 0 Å². The maximum absolute atomic E-state index is 12.4. The summed E-state index contributed by atoms with van der Waals surface area (Å²) >= 11 is 0. The molecule has 0 saturated carbocycles. The molecular weight excluding hydrogens is 791 g/mol. The zero-order valence-corrected chi connectivity index (χ0v) is 30.6. The number of aromatic amines is 1. The second kappa shape index (κ2) is 20.5. The van der Waals surface area contributed by atoms with Crippen LogP contribution in [0.2, 0.25) is 0 Å². The van der Waals surface area contributed by atoms with E-state index in [0.29, 0.717) is 11.3 Å². The number of aromatic nitrogens is 2. The minimum absolute atomic E-state index is 0.0674. The molecule has 3 unspecified atom stereocenters. The van der Waals surface area contributed by atoms with E-state index in [-0.39, 0.29) is 50.7 Å².